The van der Waals surface area contributed by atoms with Crippen molar-refractivity contribution < 1.29 is 27.4 Å². The molecule has 1 saturated heterocycles. The van der Waals surface area contributed by atoms with Crippen LogP contribution in [0.15, 0.2) is 48.5 Å². The number of alkyl halides is 3. The fourth-order valence-electron chi connectivity index (χ4n) is 3.31. The molecule has 0 unspecified atom stereocenters. The summed E-state index contributed by atoms with van der Waals surface area (Å²) in [5.41, 5.74) is 1.12. The Kier molecular flexibility index (Phi) is 8.24. The smallest absolute Gasteiger partial charge is 0.494 e. The maximum atomic E-state index is 12.2. The van der Waals surface area contributed by atoms with Crippen molar-refractivity contribution in [3.8, 4) is 11.5 Å². The largest absolute Gasteiger partial charge is 0.573 e. The van der Waals surface area contributed by atoms with Crippen molar-refractivity contribution in [2.75, 3.05) is 26.2 Å². The maximum Gasteiger partial charge on any atom is 0.573 e. The lowest BCUT2D eigenvalue weighted by atomic mass is 10.1. The van der Waals surface area contributed by atoms with E-state index in [1.54, 1.807) is 0 Å². The number of rotatable bonds is 9. The molecule has 0 aromatic heterocycles. The first-order valence-corrected chi connectivity index (χ1v) is 10.3. The number of halogens is 4. The van der Waals surface area contributed by atoms with Crippen molar-refractivity contribution in [2.24, 2.45) is 0 Å². The van der Waals surface area contributed by atoms with Crippen molar-refractivity contribution in [2.45, 2.75) is 38.3 Å². The molecule has 3 rings (SSSR count). The summed E-state index contributed by atoms with van der Waals surface area (Å²) in [6.07, 6.45) is -1.58. The van der Waals surface area contributed by atoms with Gasteiger partial charge in [0.25, 0.3) is 0 Å². The Labute approximate surface area is 179 Å². The van der Waals surface area contributed by atoms with Crippen molar-refractivity contribution in [1.82, 2.24) is 4.90 Å². The van der Waals surface area contributed by atoms with E-state index in [0.29, 0.717) is 19.0 Å². The van der Waals surface area contributed by atoms with Crippen LogP contribution in [0.5, 0.6) is 11.5 Å². The lowest BCUT2D eigenvalue weighted by Crippen LogP contribution is -2.37. The molecule has 0 amide bonds. The second-order valence-electron chi connectivity index (χ2n) is 7.20. The standard InChI is InChI=1S/C22H25ClF3NO3/c23-18-4-2-17(3-5-18)16-29-20-10-13-27(14-11-20)12-1-15-28-19-6-8-21(9-7-19)30-22(24,25)26/h2-9,20H,1,10-16H2. The number of piperidine rings is 1. The summed E-state index contributed by atoms with van der Waals surface area (Å²) in [7, 11) is 0. The molecule has 1 aliphatic rings. The molecule has 0 atom stereocenters. The molecule has 1 aliphatic heterocycles. The zero-order valence-corrected chi connectivity index (χ0v) is 17.3. The number of hydrogen-bond donors (Lipinski definition) is 0. The fraction of sp³-hybridized carbons (Fsp3) is 0.455. The van der Waals surface area contributed by atoms with Gasteiger partial charge < -0.3 is 19.1 Å². The predicted molar refractivity (Wildman–Crippen MR) is 109 cm³/mol. The van der Waals surface area contributed by atoms with Gasteiger partial charge in [0, 0.05) is 24.7 Å². The Bertz CT molecular complexity index is 761. The van der Waals surface area contributed by atoms with Gasteiger partial charge >= 0.3 is 6.36 Å². The lowest BCUT2D eigenvalue weighted by molar-refractivity contribution is -0.274. The van der Waals surface area contributed by atoms with Gasteiger partial charge in [0.1, 0.15) is 11.5 Å². The van der Waals surface area contributed by atoms with Crippen LogP contribution in [0.3, 0.4) is 0 Å². The van der Waals surface area contributed by atoms with Crippen LogP contribution in [0, 0.1) is 0 Å². The van der Waals surface area contributed by atoms with Crippen LogP contribution < -0.4 is 9.47 Å². The van der Waals surface area contributed by atoms with Crippen LogP contribution in [0.1, 0.15) is 24.8 Å². The van der Waals surface area contributed by atoms with Gasteiger partial charge in [0.15, 0.2) is 0 Å². The summed E-state index contributed by atoms with van der Waals surface area (Å²) in [6.45, 7) is 3.98. The molecule has 30 heavy (non-hydrogen) atoms. The molecule has 0 aliphatic carbocycles. The van der Waals surface area contributed by atoms with E-state index >= 15 is 0 Å². The Balaban J connectivity index is 1.27. The Morgan fingerprint density at radius 1 is 0.933 bits per heavy atom. The third kappa shape index (κ3) is 8.05. The molecular weight excluding hydrogens is 419 g/mol. The van der Waals surface area contributed by atoms with Crippen molar-refractivity contribution in [3.63, 3.8) is 0 Å². The third-order valence-corrected chi connectivity index (χ3v) is 5.13. The zero-order chi connectivity index (χ0) is 21.4. The zero-order valence-electron chi connectivity index (χ0n) is 16.5. The summed E-state index contributed by atoms with van der Waals surface area (Å²) in [6, 6.07) is 13.2. The van der Waals surface area contributed by atoms with E-state index in [2.05, 4.69) is 9.64 Å². The molecule has 2 aromatic rings. The van der Waals surface area contributed by atoms with Gasteiger partial charge in [-0.15, -0.1) is 13.2 Å². The molecule has 2 aromatic carbocycles. The van der Waals surface area contributed by atoms with Crippen LogP contribution in [-0.4, -0.2) is 43.6 Å². The highest BCUT2D eigenvalue weighted by Crippen LogP contribution is 2.25. The van der Waals surface area contributed by atoms with Crippen LogP contribution in [0.4, 0.5) is 13.2 Å². The molecule has 1 fully saturated rings. The first-order chi connectivity index (χ1) is 14.4. The minimum atomic E-state index is -4.68. The van der Waals surface area contributed by atoms with Gasteiger partial charge in [-0.1, -0.05) is 23.7 Å². The second-order valence-corrected chi connectivity index (χ2v) is 7.64. The topological polar surface area (TPSA) is 30.9 Å². The van der Waals surface area contributed by atoms with E-state index in [0.717, 1.165) is 49.5 Å². The third-order valence-electron chi connectivity index (χ3n) is 4.88. The molecule has 4 nitrogen and oxygen atoms in total. The van der Waals surface area contributed by atoms with Crippen molar-refractivity contribution >= 4 is 11.6 Å². The lowest BCUT2D eigenvalue weighted by Gasteiger charge is -2.31. The van der Waals surface area contributed by atoms with E-state index in [9.17, 15) is 13.2 Å². The number of hydrogen-bond acceptors (Lipinski definition) is 4. The number of benzene rings is 2. The highest BCUT2D eigenvalue weighted by Gasteiger charge is 2.31. The number of likely N-dealkylation sites (tertiary alicyclic amines) is 1. The van der Waals surface area contributed by atoms with Crippen LogP contribution in [0.25, 0.3) is 0 Å². The fourth-order valence-corrected chi connectivity index (χ4v) is 3.44. The van der Waals surface area contributed by atoms with Crippen LogP contribution in [0.2, 0.25) is 5.02 Å². The second kappa shape index (κ2) is 10.9. The average Bonchev–Trinajstić information content (AvgIpc) is 2.72. The minimum absolute atomic E-state index is 0.254. The Morgan fingerprint density at radius 2 is 1.57 bits per heavy atom. The molecule has 164 valence electrons. The summed E-state index contributed by atoms with van der Waals surface area (Å²) >= 11 is 5.89. The quantitative estimate of drug-likeness (QED) is 0.466. The number of ether oxygens (including phenoxy) is 3. The van der Waals surface area contributed by atoms with E-state index < -0.39 is 6.36 Å². The van der Waals surface area contributed by atoms with Gasteiger partial charge in [-0.05, 0) is 61.2 Å². The maximum absolute atomic E-state index is 12.2. The van der Waals surface area contributed by atoms with E-state index in [-0.39, 0.29) is 11.9 Å². The monoisotopic (exact) mass is 443 g/mol. The molecule has 1 heterocycles. The molecule has 0 bridgehead atoms. The highest BCUT2D eigenvalue weighted by atomic mass is 35.5. The molecule has 0 spiro atoms. The normalized spacial score (nSPS) is 15.9. The molecule has 0 N–H and O–H groups in total. The number of nitrogens with zero attached hydrogens (tertiary/aromatic N) is 1. The first-order valence-electron chi connectivity index (χ1n) is 9.94. The predicted octanol–water partition coefficient (Wildman–Crippen LogP) is 5.69. The van der Waals surface area contributed by atoms with Gasteiger partial charge in [-0.25, -0.2) is 0 Å². The average molecular weight is 444 g/mol. The van der Waals surface area contributed by atoms with E-state index in [1.165, 1.54) is 24.3 Å². The van der Waals surface area contributed by atoms with E-state index in [4.69, 9.17) is 21.1 Å². The first kappa shape index (κ1) is 22.7. The van der Waals surface area contributed by atoms with Crippen molar-refractivity contribution in [3.05, 3.63) is 59.1 Å². The molecule has 0 saturated carbocycles. The van der Waals surface area contributed by atoms with Crippen LogP contribution in [-0.2, 0) is 11.3 Å². The summed E-state index contributed by atoms with van der Waals surface area (Å²) in [4.78, 5) is 2.38. The Morgan fingerprint density at radius 3 is 2.20 bits per heavy atom. The highest BCUT2D eigenvalue weighted by molar-refractivity contribution is 6.30. The van der Waals surface area contributed by atoms with Gasteiger partial charge in [-0.2, -0.15) is 0 Å². The van der Waals surface area contributed by atoms with E-state index in [1.807, 2.05) is 24.3 Å². The van der Waals surface area contributed by atoms with Gasteiger partial charge in [-0.3, -0.25) is 0 Å². The molecule has 0 radical (unpaired) electrons. The summed E-state index contributed by atoms with van der Waals surface area (Å²) in [5, 5.41) is 0.725. The van der Waals surface area contributed by atoms with Gasteiger partial charge in [0.05, 0.1) is 19.3 Å². The summed E-state index contributed by atoms with van der Waals surface area (Å²) < 4.78 is 51.9. The van der Waals surface area contributed by atoms with Gasteiger partial charge in [0.2, 0.25) is 0 Å². The molecule has 8 heteroatoms. The molecular formula is C22H25ClF3NO3. The van der Waals surface area contributed by atoms with Crippen molar-refractivity contribution in [1.29, 1.82) is 0 Å². The Hall–Kier alpha value is -1.96. The van der Waals surface area contributed by atoms with Crippen LogP contribution >= 0.6 is 11.6 Å². The summed E-state index contributed by atoms with van der Waals surface area (Å²) in [5.74, 6) is 0.273. The minimum Gasteiger partial charge on any atom is -0.494 e. The SMILES string of the molecule is FC(F)(F)Oc1ccc(OCCCN2CCC(OCc3ccc(Cl)cc3)CC2)cc1.